The average Bonchev–Trinajstić information content (AvgIpc) is 3.25. The van der Waals surface area contributed by atoms with Crippen molar-refractivity contribution in [3.63, 3.8) is 0 Å². The monoisotopic (exact) mass is 607 g/mol. The van der Waals surface area contributed by atoms with Crippen LogP contribution in [0.4, 0.5) is 0 Å². The number of ether oxygens (including phenoxy) is 2. The summed E-state index contributed by atoms with van der Waals surface area (Å²) < 4.78 is 11.1. The van der Waals surface area contributed by atoms with Crippen LogP contribution in [0.25, 0.3) is 6.08 Å². The Kier molecular flexibility index (Phi) is 16.6. The minimum absolute atomic E-state index is 0.0607. The normalized spacial score (nSPS) is 15.6. The van der Waals surface area contributed by atoms with E-state index in [1.54, 1.807) is 11.3 Å². The number of carbonyl (C=O) groups excluding carboxylic acids is 1. The number of carboxylic acids is 1. The Labute approximate surface area is 255 Å². The highest BCUT2D eigenvalue weighted by molar-refractivity contribution is 7.09. The molecule has 0 aliphatic carbocycles. The average molecular weight is 608 g/mol. The van der Waals surface area contributed by atoms with Gasteiger partial charge < -0.3 is 14.6 Å². The van der Waals surface area contributed by atoms with Crippen LogP contribution < -0.4 is 0 Å². The molecule has 0 amide bonds. The summed E-state index contributed by atoms with van der Waals surface area (Å²) in [7, 11) is -1.22. The predicted octanol–water partition coefficient (Wildman–Crippen LogP) is 9.18. The molecule has 234 valence electrons. The van der Waals surface area contributed by atoms with Gasteiger partial charge in [-0.15, -0.1) is 11.3 Å². The topological polar surface area (TPSA) is 85.7 Å². The Morgan fingerprint density at radius 1 is 1.15 bits per heavy atom. The third kappa shape index (κ3) is 16.6. The van der Waals surface area contributed by atoms with Crippen LogP contribution in [-0.4, -0.2) is 49.4 Å². The number of rotatable bonds is 21. The molecule has 8 heteroatoms. The van der Waals surface area contributed by atoms with Crippen LogP contribution in [0.5, 0.6) is 0 Å². The molecule has 1 N–H and O–H groups in total. The zero-order valence-corrected chi connectivity index (χ0v) is 29.3. The van der Waals surface area contributed by atoms with E-state index in [9.17, 15) is 14.7 Å². The smallest absolute Gasteiger partial charge is 0.332 e. The third-order valence-corrected chi connectivity index (χ3v) is 10.0. The maximum atomic E-state index is 13.3. The molecule has 1 heterocycles. The lowest BCUT2D eigenvalue weighted by Gasteiger charge is -2.30. The molecule has 0 radical (unpaired) electrons. The fourth-order valence-corrected chi connectivity index (χ4v) is 6.32. The molecular weight excluding hydrogens is 551 g/mol. The van der Waals surface area contributed by atoms with E-state index in [1.165, 1.54) is 11.1 Å². The number of ketones is 1. The Bertz CT molecular complexity index is 1010. The minimum Gasteiger partial charge on any atom is -0.479 e. The molecule has 1 rings (SSSR count). The second-order valence-corrected chi connectivity index (χ2v) is 20.5. The summed E-state index contributed by atoms with van der Waals surface area (Å²) in [6, 6.07) is 0.995. The zero-order valence-electron chi connectivity index (χ0n) is 27.5. The number of Topliss-reactive ketones (excluding diaryl/α,β-unsaturated/α-hetero) is 1. The van der Waals surface area contributed by atoms with Gasteiger partial charge in [0, 0.05) is 31.4 Å². The summed E-state index contributed by atoms with van der Waals surface area (Å²) in [5.74, 6) is -0.651. The number of thiazole rings is 1. The van der Waals surface area contributed by atoms with Crippen molar-refractivity contribution < 1.29 is 24.2 Å². The number of carboxylic acid groups (broad SMARTS) is 1. The molecule has 0 aliphatic rings. The number of nitrogens with zero attached hydrogens (tertiary/aromatic N) is 1. The van der Waals surface area contributed by atoms with Crippen molar-refractivity contribution in [2.45, 2.75) is 125 Å². The van der Waals surface area contributed by atoms with Crippen molar-refractivity contribution in [1.82, 2.24) is 4.98 Å². The first-order chi connectivity index (χ1) is 19.0. The molecule has 1 aromatic rings. The fraction of sp³-hybridized carbons (Fsp3) is 0.727. The minimum atomic E-state index is -1.22. The lowest BCUT2D eigenvalue weighted by molar-refractivity contribution is -0.165. The third-order valence-electron chi connectivity index (χ3n) is 7.52. The summed E-state index contributed by atoms with van der Waals surface area (Å²) in [5.41, 5.74) is 3.04. The van der Waals surface area contributed by atoms with Crippen LogP contribution >= 0.6 is 11.3 Å². The standard InChI is InChI=1S/C33H57NO5SSi/c1-24(14-12-16-26(3)20-29-22-40-28(5)34-29)13-11-15-25(2)19-27(4)31(35)33(6,7)21-30(32(36)37)39-23-38-17-18-41(8,9)10/h14,20,22,25,27,30H,11-13,15-19,21,23H2,1-10H3,(H,36,37). The molecule has 0 spiro atoms. The largest absolute Gasteiger partial charge is 0.479 e. The van der Waals surface area contributed by atoms with Gasteiger partial charge >= 0.3 is 5.97 Å². The highest BCUT2D eigenvalue weighted by Crippen LogP contribution is 2.32. The first-order valence-electron chi connectivity index (χ1n) is 15.2. The molecule has 3 unspecified atom stereocenters. The molecule has 41 heavy (non-hydrogen) atoms. The van der Waals surface area contributed by atoms with E-state index in [0.29, 0.717) is 12.5 Å². The van der Waals surface area contributed by atoms with Gasteiger partial charge in [0.25, 0.3) is 0 Å². The van der Waals surface area contributed by atoms with Gasteiger partial charge in [-0.05, 0) is 77.3 Å². The second kappa shape index (κ2) is 18.1. The number of aromatic nitrogens is 1. The maximum absolute atomic E-state index is 13.3. The van der Waals surface area contributed by atoms with Gasteiger partial charge in [0.1, 0.15) is 12.6 Å². The van der Waals surface area contributed by atoms with Gasteiger partial charge in [-0.2, -0.15) is 0 Å². The van der Waals surface area contributed by atoms with Crippen LogP contribution in [0, 0.1) is 24.2 Å². The zero-order chi connectivity index (χ0) is 31.2. The lowest BCUT2D eigenvalue weighted by Crippen LogP contribution is -2.38. The van der Waals surface area contributed by atoms with E-state index in [0.717, 1.165) is 55.3 Å². The van der Waals surface area contributed by atoms with Gasteiger partial charge in [0.2, 0.25) is 0 Å². The molecule has 0 bridgehead atoms. The summed E-state index contributed by atoms with van der Waals surface area (Å²) in [4.78, 5) is 29.7. The van der Waals surface area contributed by atoms with E-state index in [-0.39, 0.29) is 24.9 Å². The number of aryl methyl sites for hydroxylation is 1. The maximum Gasteiger partial charge on any atom is 0.332 e. The van der Waals surface area contributed by atoms with Crippen LogP contribution in [0.15, 0.2) is 22.6 Å². The van der Waals surface area contributed by atoms with Crippen LogP contribution in [0.1, 0.15) is 97.2 Å². The molecule has 1 aromatic heterocycles. The molecule has 0 saturated heterocycles. The SMILES string of the molecule is CC(=Cc1csc(C)n1)CCC=C(C)CCCC(C)CC(C)C(=O)C(C)(C)CC(OCOCC[Si](C)(C)C)C(=O)O. The van der Waals surface area contributed by atoms with Gasteiger partial charge in [-0.3, -0.25) is 4.79 Å². The van der Waals surface area contributed by atoms with E-state index >= 15 is 0 Å². The Balaban J connectivity index is 2.43. The molecule has 0 aromatic carbocycles. The van der Waals surface area contributed by atoms with Crippen molar-refractivity contribution >= 4 is 37.2 Å². The summed E-state index contributed by atoms with van der Waals surface area (Å²) in [6.45, 7) is 21.6. The fourth-order valence-electron chi connectivity index (χ4n) is 4.99. The molecule has 3 atom stereocenters. The van der Waals surface area contributed by atoms with Crippen LogP contribution in [-0.2, 0) is 19.1 Å². The molecular formula is C33H57NO5SSi. The first kappa shape index (κ1) is 37.4. The van der Waals surface area contributed by atoms with Crippen LogP contribution in [0.3, 0.4) is 0 Å². The quantitative estimate of drug-likeness (QED) is 0.0649. The lowest BCUT2D eigenvalue weighted by atomic mass is 9.75. The van der Waals surface area contributed by atoms with Gasteiger partial charge in [0.05, 0.1) is 10.7 Å². The first-order valence-corrected chi connectivity index (χ1v) is 19.8. The number of carbonyl (C=O) groups is 2. The molecule has 0 saturated carbocycles. The Morgan fingerprint density at radius 2 is 1.83 bits per heavy atom. The Hall–Kier alpha value is -1.61. The number of hydrogen-bond acceptors (Lipinski definition) is 6. The number of aliphatic carboxylic acids is 1. The van der Waals surface area contributed by atoms with Gasteiger partial charge in [-0.25, -0.2) is 9.78 Å². The van der Waals surface area contributed by atoms with Crippen molar-refractivity contribution in [2.75, 3.05) is 13.4 Å². The number of allylic oxidation sites excluding steroid dienone is 3. The van der Waals surface area contributed by atoms with E-state index in [2.05, 4.69) is 62.9 Å². The Morgan fingerprint density at radius 3 is 2.41 bits per heavy atom. The molecule has 6 nitrogen and oxygen atoms in total. The summed E-state index contributed by atoms with van der Waals surface area (Å²) in [5, 5.41) is 12.9. The van der Waals surface area contributed by atoms with E-state index in [4.69, 9.17) is 9.47 Å². The van der Waals surface area contributed by atoms with Crippen molar-refractivity contribution in [2.24, 2.45) is 17.3 Å². The highest BCUT2D eigenvalue weighted by atomic mass is 32.1. The highest BCUT2D eigenvalue weighted by Gasteiger charge is 2.37. The summed E-state index contributed by atoms with van der Waals surface area (Å²) in [6.07, 6.45) is 9.74. The van der Waals surface area contributed by atoms with Crippen molar-refractivity contribution in [3.05, 3.63) is 33.3 Å². The van der Waals surface area contributed by atoms with E-state index in [1.807, 2.05) is 27.7 Å². The summed E-state index contributed by atoms with van der Waals surface area (Å²) >= 11 is 1.68. The molecule has 0 fully saturated rings. The van der Waals surface area contributed by atoms with Crippen molar-refractivity contribution in [1.29, 1.82) is 0 Å². The van der Waals surface area contributed by atoms with E-state index < -0.39 is 25.6 Å². The predicted molar refractivity (Wildman–Crippen MR) is 175 cm³/mol. The van der Waals surface area contributed by atoms with Gasteiger partial charge in [0.15, 0.2) is 6.10 Å². The van der Waals surface area contributed by atoms with Crippen molar-refractivity contribution in [3.8, 4) is 0 Å². The van der Waals surface area contributed by atoms with Crippen LogP contribution in [0.2, 0.25) is 25.7 Å². The van der Waals surface area contributed by atoms with Gasteiger partial charge in [-0.1, -0.05) is 71.0 Å². The molecule has 0 aliphatic heterocycles. The number of hydrogen-bond donors (Lipinski definition) is 1. The second-order valence-electron chi connectivity index (χ2n) is 13.8.